The van der Waals surface area contributed by atoms with E-state index in [9.17, 15) is 18.3 Å². The lowest BCUT2D eigenvalue weighted by Crippen LogP contribution is -2.27. The Morgan fingerprint density at radius 2 is 1.58 bits per heavy atom. The van der Waals surface area contributed by atoms with Crippen LogP contribution < -0.4 is 18.9 Å². The van der Waals surface area contributed by atoms with Gasteiger partial charge in [0.2, 0.25) is 0 Å². The van der Waals surface area contributed by atoms with E-state index in [0.717, 1.165) is 4.31 Å². The van der Waals surface area contributed by atoms with Crippen LogP contribution >= 0.6 is 0 Å². The molecule has 0 aliphatic carbocycles. The van der Waals surface area contributed by atoms with E-state index in [1.165, 1.54) is 63.7 Å². The van der Waals surface area contributed by atoms with Crippen molar-refractivity contribution < 1.29 is 27.8 Å². The number of carboxylic acid groups (broad SMARTS) is 1. The van der Waals surface area contributed by atoms with E-state index in [4.69, 9.17) is 9.47 Å². The Balaban J connectivity index is 2.40. The molecule has 24 heavy (non-hydrogen) atoms. The highest BCUT2D eigenvalue weighted by Gasteiger charge is 2.23. The van der Waals surface area contributed by atoms with Crippen LogP contribution in [0.4, 0.5) is 5.69 Å². The summed E-state index contributed by atoms with van der Waals surface area (Å²) in [5.74, 6) is -0.622. The van der Waals surface area contributed by atoms with Crippen LogP contribution in [0.1, 0.15) is 10.4 Å². The van der Waals surface area contributed by atoms with Gasteiger partial charge in [-0.2, -0.15) is 0 Å². The zero-order valence-electron chi connectivity index (χ0n) is 13.3. The standard InChI is InChI=1S/C16H17NO6S/c1-17(12-6-4-11(5-7-12)16(18)19)24(20,21)13-8-9-14(22-2)15(10-13)23-3/h4-10H,1-3H3,(H,18,19)/p-1. The number of carbonyl (C=O) groups excluding carboxylic acids is 1. The van der Waals surface area contributed by atoms with Crippen molar-refractivity contribution in [2.24, 2.45) is 0 Å². The second-order valence-corrected chi connectivity index (χ2v) is 6.79. The van der Waals surface area contributed by atoms with Crippen molar-refractivity contribution in [3.63, 3.8) is 0 Å². The van der Waals surface area contributed by atoms with Gasteiger partial charge in [0.25, 0.3) is 10.0 Å². The molecule has 128 valence electrons. The lowest BCUT2D eigenvalue weighted by Gasteiger charge is -2.20. The fourth-order valence-electron chi connectivity index (χ4n) is 2.08. The molecule has 0 aromatic heterocycles. The van der Waals surface area contributed by atoms with Crippen molar-refractivity contribution in [1.82, 2.24) is 0 Å². The number of anilines is 1. The fraction of sp³-hybridized carbons (Fsp3) is 0.188. The van der Waals surface area contributed by atoms with Gasteiger partial charge >= 0.3 is 0 Å². The molecule has 2 aromatic carbocycles. The highest BCUT2D eigenvalue weighted by Crippen LogP contribution is 2.31. The molecule has 2 aromatic rings. The maximum Gasteiger partial charge on any atom is 0.264 e. The van der Waals surface area contributed by atoms with Crippen molar-refractivity contribution in [3.05, 3.63) is 48.0 Å². The minimum Gasteiger partial charge on any atom is -0.545 e. The van der Waals surface area contributed by atoms with Crippen molar-refractivity contribution in [2.75, 3.05) is 25.6 Å². The van der Waals surface area contributed by atoms with Gasteiger partial charge in [0.05, 0.1) is 30.8 Å². The lowest BCUT2D eigenvalue weighted by atomic mass is 10.2. The summed E-state index contributed by atoms with van der Waals surface area (Å²) in [6, 6.07) is 9.62. The van der Waals surface area contributed by atoms with Gasteiger partial charge in [-0.1, -0.05) is 12.1 Å². The number of rotatable bonds is 6. The number of hydrogen-bond donors (Lipinski definition) is 0. The fourth-order valence-corrected chi connectivity index (χ4v) is 3.29. The van der Waals surface area contributed by atoms with Crippen LogP contribution in [0.15, 0.2) is 47.4 Å². The number of carboxylic acids is 1. The first-order valence-electron chi connectivity index (χ1n) is 6.83. The van der Waals surface area contributed by atoms with Gasteiger partial charge in [-0.15, -0.1) is 0 Å². The topological polar surface area (TPSA) is 96.0 Å². The highest BCUT2D eigenvalue weighted by atomic mass is 32.2. The number of methoxy groups -OCH3 is 2. The zero-order chi connectivity index (χ0) is 17.9. The van der Waals surface area contributed by atoms with Gasteiger partial charge in [0.15, 0.2) is 11.5 Å². The van der Waals surface area contributed by atoms with E-state index in [0.29, 0.717) is 17.2 Å². The van der Waals surface area contributed by atoms with Crippen molar-refractivity contribution in [2.45, 2.75) is 4.90 Å². The molecular formula is C16H16NO6S-. The minimum absolute atomic E-state index is 0.0200. The highest BCUT2D eigenvalue weighted by molar-refractivity contribution is 7.92. The molecule has 7 nitrogen and oxygen atoms in total. The van der Waals surface area contributed by atoms with Gasteiger partial charge in [0, 0.05) is 13.1 Å². The number of nitrogens with zero attached hydrogens (tertiary/aromatic N) is 1. The number of sulfonamides is 1. The molecule has 0 saturated heterocycles. The summed E-state index contributed by atoms with van der Waals surface area (Å²) in [5.41, 5.74) is 0.283. The van der Waals surface area contributed by atoms with E-state index in [1.807, 2.05) is 0 Å². The summed E-state index contributed by atoms with van der Waals surface area (Å²) in [4.78, 5) is 10.8. The third kappa shape index (κ3) is 3.28. The molecule has 0 aliphatic heterocycles. The number of benzene rings is 2. The SMILES string of the molecule is COc1ccc(S(=O)(=O)N(C)c2ccc(C(=O)[O-])cc2)cc1OC. The summed E-state index contributed by atoms with van der Waals surface area (Å²) < 4.78 is 36.7. The second-order valence-electron chi connectivity index (χ2n) is 4.82. The van der Waals surface area contributed by atoms with Crippen LogP contribution in [0.2, 0.25) is 0 Å². The van der Waals surface area contributed by atoms with E-state index in [-0.39, 0.29) is 10.5 Å². The third-order valence-electron chi connectivity index (χ3n) is 3.48. The zero-order valence-corrected chi connectivity index (χ0v) is 14.2. The Hall–Kier alpha value is -2.74. The van der Waals surface area contributed by atoms with Crippen LogP contribution in [0.25, 0.3) is 0 Å². The summed E-state index contributed by atoms with van der Waals surface area (Å²) in [6.07, 6.45) is 0. The Morgan fingerprint density at radius 1 is 1.00 bits per heavy atom. The number of ether oxygens (including phenoxy) is 2. The molecule has 0 spiro atoms. The second kappa shape index (κ2) is 6.79. The molecule has 0 heterocycles. The largest absolute Gasteiger partial charge is 0.545 e. The Kier molecular flexibility index (Phi) is 4.99. The molecule has 0 unspecified atom stereocenters. The van der Waals surface area contributed by atoms with Crippen molar-refractivity contribution in [1.29, 1.82) is 0 Å². The Labute approximate surface area is 140 Å². The first-order chi connectivity index (χ1) is 11.3. The third-order valence-corrected chi connectivity index (χ3v) is 5.26. The van der Waals surface area contributed by atoms with Gasteiger partial charge < -0.3 is 19.4 Å². The van der Waals surface area contributed by atoms with Crippen LogP contribution in [0, 0.1) is 0 Å². The van der Waals surface area contributed by atoms with Crippen LogP contribution in [-0.4, -0.2) is 35.7 Å². The molecule has 8 heteroatoms. The van der Waals surface area contributed by atoms with E-state index >= 15 is 0 Å². The molecule has 0 radical (unpaired) electrons. The maximum atomic E-state index is 12.7. The maximum absolute atomic E-state index is 12.7. The summed E-state index contributed by atoms with van der Waals surface area (Å²) >= 11 is 0. The first kappa shape index (κ1) is 17.6. The van der Waals surface area contributed by atoms with Crippen LogP contribution in [0.3, 0.4) is 0 Å². The monoisotopic (exact) mass is 350 g/mol. The molecule has 0 amide bonds. The number of carbonyl (C=O) groups is 1. The van der Waals surface area contributed by atoms with Gasteiger partial charge in [-0.25, -0.2) is 8.42 Å². The van der Waals surface area contributed by atoms with Gasteiger partial charge in [-0.3, -0.25) is 4.31 Å². The van der Waals surface area contributed by atoms with Crippen LogP contribution in [-0.2, 0) is 10.0 Å². The predicted octanol–water partition coefficient (Wildman–Crippen LogP) is 0.892. The quantitative estimate of drug-likeness (QED) is 0.768. The smallest absolute Gasteiger partial charge is 0.264 e. The Bertz CT molecular complexity index is 845. The average Bonchev–Trinajstić information content (AvgIpc) is 2.60. The summed E-state index contributed by atoms with van der Waals surface area (Å²) in [7, 11) is 0.396. The van der Waals surface area contributed by atoms with Crippen molar-refractivity contribution >= 4 is 21.7 Å². The number of aromatic carboxylic acids is 1. The first-order valence-corrected chi connectivity index (χ1v) is 8.27. The molecular weight excluding hydrogens is 334 g/mol. The van der Waals surface area contributed by atoms with E-state index < -0.39 is 16.0 Å². The van der Waals surface area contributed by atoms with E-state index in [1.54, 1.807) is 0 Å². The molecule has 0 atom stereocenters. The minimum atomic E-state index is -3.85. The normalized spacial score (nSPS) is 11.0. The molecule has 2 rings (SSSR count). The predicted molar refractivity (Wildman–Crippen MR) is 85.9 cm³/mol. The molecule has 0 fully saturated rings. The molecule has 0 aliphatic rings. The molecule has 0 N–H and O–H groups in total. The number of hydrogen-bond acceptors (Lipinski definition) is 6. The van der Waals surface area contributed by atoms with Gasteiger partial charge in [-0.05, 0) is 29.8 Å². The molecule has 0 bridgehead atoms. The van der Waals surface area contributed by atoms with Gasteiger partial charge in [0.1, 0.15) is 0 Å². The van der Waals surface area contributed by atoms with Crippen LogP contribution in [0.5, 0.6) is 11.5 Å². The summed E-state index contributed by atoms with van der Waals surface area (Å²) in [6.45, 7) is 0. The Morgan fingerprint density at radius 3 is 2.08 bits per heavy atom. The van der Waals surface area contributed by atoms with Crippen molar-refractivity contribution in [3.8, 4) is 11.5 Å². The molecule has 0 saturated carbocycles. The average molecular weight is 350 g/mol. The lowest BCUT2D eigenvalue weighted by molar-refractivity contribution is -0.255. The summed E-state index contributed by atoms with van der Waals surface area (Å²) in [5, 5.41) is 10.8. The van der Waals surface area contributed by atoms with E-state index in [2.05, 4.69) is 0 Å².